The Morgan fingerprint density at radius 2 is 1.61 bits per heavy atom. The fourth-order valence-electron chi connectivity index (χ4n) is 2.03. The second-order valence-corrected chi connectivity index (χ2v) is 5.67. The van der Waals surface area contributed by atoms with E-state index in [2.05, 4.69) is 10.6 Å². The molecular formula is C18H19ClN2O2. The van der Waals surface area contributed by atoms with Crippen LogP contribution in [0.5, 0.6) is 0 Å². The second kappa shape index (κ2) is 7.79. The highest BCUT2D eigenvalue weighted by molar-refractivity contribution is 6.34. The molecule has 2 rings (SSSR count). The minimum atomic E-state index is -0.348. The van der Waals surface area contributed by atoms with Gasteiger partial charge in [0.05, 0.1) is 21.8 Å². The van der Waals surface area contributed by atoms with Gasteiger partial charge in [-0.3, -0.25) is 9.59 Å². The first-order chi connectivity index (χ1) is 11.0. The molecule has 0 aromatic heterocycles. The molecule has 23 heavy (non-hydrogen) atoms. The van der Waals surface area contributed by atoms with Crippen molar-refractivity contribution in [2.24, 2.45) is 0 Å². The van der Waals surface area contributed by atoms with E-state index in [0.29, 0.717) is 21.8 Å². The molecule has 4 nitrogen and oxygen atoms in total. The van der Waals surface area contributed by atoms with E-state index in [0.717, 1.165) is 6.42 Å². The summed E-state index contributed by atoms with van der Waals surface area (Å²) in [6.07, 6.45) is 0.833. The Hall–Kier alpha value is -2.33. The van der Waals surface area contributed by atoms with Crippen LogP contribution in [-0.4, -0.2) is 17.9 Å². The Morgan fingerprint density at radius 1 is 1.00 bits per heavy atom. The van der Waals surface area contributed by atoms with Crippen molar-refractivity contribution in [3.05, 3.63) is 64.7 Å². The van der Waals surface area contributed by atoms with Gasteiger partial charge in [0.15, 0.2) is 0 Å². The zero-order valence-corrected chi connectivity index (χ0v) is 13.9. The predicted molar refractivity (Wildman–Crippen MR) is 93.1 cm³/mol. The van der Waals surface area contributed by atoms with Crippen LogP contribution in [0.4, 0.5) is 5.69 Å². The van der Waals surface area contributed by atoms with Crippen molar-refractivity contribution >= 4 is 29.1 Å². The van der Waals surface area contributed by atoms with Crippen molar-refractivity contribution in [1.29, 1.82) is 0 Å². The van der Waals surface area contributed by atoms with Crippen LogP contribution < -0.4 is 10.6 Å². The Bertz CT molecular complexity index is 716. The van der Waals surface area contributed by atoms with Crippen LogP contribution in [0.3, 0.4) is 0 Å². The molecule has 0 saturated carbocycles. The summed E-state index contributed by atoms with van der Waals surface area (Å²) in [7, 11) is 0. The molecular weight excluding hydrogens is 312 g/mol. The second-order valence-electron chi connectivity index (χ2n) is 5.26. The number of para-hydroxylation sites is 1. The van der Waals surface area contributed by atoms with E-state index in [1.807, 2.05) is 13.8 Å². The van der Waals surface area contributed by atoms with Crippen LogP contribution in [0.1, 0.15) is 41.0 Å². The first-order valence-corrected chi connectivity index (χ1v) is 7.86. The van der Waals surface area contributed by atoms with Gasteiger partial charge in [0.2, 0.25) is 0 Å². The van der Waals surface area contributed by atoms with E-state index in [9.17, 15) is 9.59 Å². The van der Waals surface area contributed by atoms with Crippen molar-refractivity contribution in [2.45, 2.75) is 26.3 Å². The minimum Gasteiger partial charge on any atom is -0.350 e. The fourth-order valence-corrected chi connectivity index (χ4v) is 2.25. The molecule has 0 aliphatic carbocycles. The van der Waals surface area contributed by atoms with Crippen molar-refractivity contribution in [3.8, 4) is 0 Å². The van der Waals surface area contributed by atoms with Gasteiger partial charge in [-0.25, -0.2) is 0 Å². The SMILES string of the molecule is CC[C@@H](C)NC(=O)c1ccccc1NC(=O)c1ccccc1Cl. The van der Waals surface area contributed by atoms with Gasteiger partial charge in [-0.05, 0) is 37.6 Å². The van der Waals surface area contributed by atoms with Gasteiger partial charge in [0, 0.05) is 6.04 Å². The van der Waals surface area contributed by atoms with Crippen LogP contribution in [0, 0.1) is 0 Å². The number of anilines is 1. The van der Waals surface area contributed by atoms with Crippen LogP contribution >= 0.6 is 11.6 Å². The molecule has 0 radical (unpaired) electrons. The summed E-state index contributed by atoms with van der Waals surface area (Å²) >= 11 is 6.04. The number of rotatable bonds is 5. The summed E-state index contributed by atoms with van der Waals surface area (Å²) < 4.78 is 0. The van der Waals surface area contributed by atoms with Gasteiger partial charge < -0.3 is 10.6 Å². The number of benzene rings is 2. The number of hydrogen-bond acceptors (Lipinski definition) is 2. The minimum absolute atomic E-state index is 0.0647. The standard InChI is InChI=1S/C18H19ClN2O2/c1-3-12(2)20-18(23)14-9-5-7-11-16(14)21-17(22)13-8-4-6-10-15(13)19/h4-12H,3H2,1-2H3,(H,20,23)(H,21,22)/t12-/m1/s1. The van der Waals surface area contributed by atoms with E-state index < -0.39 is 0 Å². The van der Waals surface area contributed by atoms with Crippen molar-refractivity contribution in [1.82, 2.24) is 5.32 Å². The molecule has 0 bridgehead atoms. The zero-order chi connectivity index (χ0) is 16.8. The first kappa shape index (κ1) is 17.0. The van der Waals surface area contributed by atoms with Crippen molar-refractivity contribution < 1.29 is 9.59 Å². The lowest BCUT2D eigenvalue weighted by atomic mass is 10.1. The molecule has 0 heterocycles. The third kappa shape index (κ3) is 4.33. The van der Waals surface area contributed by atoms with Gasteiger partial charge in [0.25, 0.3) is 11.8 Å². The zero-order valence-electron chi connectivity index (χ0n) is 13.1. The summed E-state index contributed by atoms with van der Waals surface area (Å²) in [5, 5.41) is 6.02. The van der Waals surface area contributed by atoms with Gasteiger partial charge in [-0.2, -0.15) is 0 Å². The topological polar surface area (TPSA) is 58.2 Å². The molecule has 0 aliphatic heterocycles. The van der Waals surface area contributed by atoms with Crippen LogP contribution in [0.25, 0.3) is 0 Å². The van der Waals surface area contributed by atoms with Gasteiger partial charge in [-0.15, -0.1) is 0 Å². The number of amides is 2. The maximum Gasteiger partial charge on any atom is 0.257 e. The Balaban J connectivity index is 2.22. The molecule has 0 spiro atoms. The van der Waals surface area contributed by atoms with E-state index in [-0.39, 0.29) is 17.9 Å². The largest absolute Gasteiger partial charge is 0.350 e. The average Bonchev–Trinajstić information content (AvgIpc) is 2.55. The number of carbonyl (C=O) groups is 2. The number of halogens is 1. The maximum atomic E-state index is 12.4. The number of nitrogens with one attached hydrogen (secondary N) is 2. The molecule has 0 saturated heterocycles. The summed E-state index contributed by atoms with van der Waals surface area (Å²) in [6.45, 7) is 3.93. The lowest BCUT2D eigenvalue weighted by Gasteiger charge is -2.15. The predicted octanol–water partition coefficient (Wildman–Crippen LogP) is 4.12. The van der Waals surface area contributed by atoms with Crippen LogP contribution in [0.15, 0.2) is 48.5 Å². The highest BCUT2D eigenvalue weighted by atomic mass is 35.5. The Labute approximate surface area is 140 Å². The van der Waals surface area contributed by atoms with E-state index in [1.54, 1.807) is 48.5 Å². The first-order valence-electron chi connectivity index (χ1n) is 7.48. The summed E-state index contributed by atoms with van der Waals surface area (Å²) in [5.74, 6) is -0.561. The molecule has 0 aliphatic rings. The van der Waals surface area contributed by atoms with Crippen molar-refractivity contribution in [2.75, 3.05) is 5.32 Å². The maximum absolute atomic E-state index is 12.4. The molecule has 2 aromatic rings. The quantitative estimate of drug-likeness (QED) is 0.866. The summed E-state index contributed by atoms with van der Waals surface area (Å²) in [4.78, 5) is 24.7. The normalized spacial score (nSPS) is 11.6. The highest BCUT2D eigenvalue weighted by Gasteiger charge is 2.16. The Morgan fingerprint density at radius 3 is 2.26 bits per heavy atom. The van der Waals surface area contributed by atoms with Crippen LogP contribution in [-0.2, 0) is 0 Å². The van der Waals surface area contributed by atoms with Gasteiger partial charge in [0.1, 0.15) is 0 Å². The molecule has 0 fully saturated rings. The third-order valence-electron chi connectivity index (χ3n) is 3.53. The Kier molecular flexibility index (Phi) is 5.77. The van der Waals surface area contributed by atoms with Gasteiger partial charge in [-0.1, -0.05) is 42.8 Å². The monoisotopic (exact) mass is 330 g/mol. The molecule has 1 atom stereocenters. The molecule has 2 aromatic carbocycles. The fraction of sp³-hybridized carbons (Fsp3) is 0.222. The summed E-state index contributed by atoms with van der Waals surface area (Å²) in [5.41, 5.74) is 1.25. The van der Waals surface area contributed by atoms with Gasteiger partial charge >= 0.3 is 0 Å². The lowest BCUT2D eigenvalue weighted by Crippen LogP contribution is -2.32. The average molecular weight is 331 g/mol. The molecule has 0 unspecified atom stereocenters. The molecule has 2 amide bonds. The number of carbonyl (C=O) groups excluding carboxylic acids is 2. The smallest absolute Gasteiger partial charge is 0.257 e. The van der Waals surface area contributed by atoms with Crippen LogP contribution in [0.2, 0.25) is 5.02 Å². The van der Waals surface area contributed by atoms with E-state index >= 15 is 0 Å². The highest BCUT2D eigenvalue weighted by Crippen LogP contribution is 2.20. The lowest BCUT2D eigenvalue weighted by molar-refractivity contribution is 0.0940. The van der Waals surface area contributed by atoms with Crippen molar-refractivity contribution in [3.63, 3.8) is 0 Å². The molecule has 120 valence electrons. The third-order valence-corrected chi connectivity index (χ3v) is 3.86. The van der Waals surface area contributed by atoms with E-state index in [4.69, 9.17) is 11.6 Å². The number of hydrogen-bond donors (Lipinski definition) is 2. The molecule has 2 N–H and O–H groups in total. The summed E-state index contributed by atoms with van der Waals surface area (Å²) in [6, 6.07) is 13.8. The van der Waals surface area contributed by atoms with E-state index in [1.165, 1.54) is 0 Å². The molecule has 5 heteroatoms.